The number of amides is 1. The smallest absolute Gasteiger partial charge is 0.263 e. The summed E-state index contributed by atoms with van der Waals surface area (Å²) in [6.45, 7) is 3.90. The maximum atomic E-state index is 13.3. The number of nitrogens with zero attached hydrogens (tertiary/aromatic N) is 4. The third-order valence-electron chi connectivity index (χ3n) is 7.71. The average Bonchev–Trinajstić information content (AvgIpc) is 3.16. The quantitative estimate of drug-likeness (QED) is 0.582. The first kappa shape index (κ1) is 24.8. The second-order valence-electron chi connectivity index (χ2n) is 9.63. The van der Waals surface area contributed by atoms with E-state index in [-0.39, 0.29) is 36.3 Å². The van der Waals surface area contributed by atoms with Crippen LogP contribution in [-0.4, -0.2) is 51.1 Å². The average molecular weight is 504 g/mol. The molecule has 0 radical (unpaired) electrons. The van der Waals surface area contributed by atoms with Crippen LogP contribution in [0.5, 0.6) is 0 Å². The number of pyridine rings is 1. The van der Waals surface area contributed by atoms with E-state index < -0.39 is 0 Å². The van der Waals surface area contributed by atoms with E-state index in [2.05, 4.69) is 23.0 Å². The van der Waals surface area contributed by atoms with Crippen molar-refractivity contribution < 1.29 is 4.79 Å². The number of nitrogens with one attached hydrogen (secondary N) is 1. The molecule has 3 aliphatic rings. The molecule has 0 unspecified atom stereocenters. The zero-order valence-electron chi connectivity index (χ0n) is 19.3. The maximum Gasteiger partial charge on any atom is 0.263 e. The van der Waals surface area contributed by atoms with Crippen molar-refractivity contribution in [2.24, 2.45) is 13.0 Å². The number of rotatable bonds is 2. The number of benzene rings is 1. The number of halogens is 2. The molecule has 9 heteroatoms. The predicted octanol–water partition coefficient (Wildman–Crippen LogP) is 3.31. The van der Waals surface area contributed by atoms with E-state index in [4.69, 9.17) is 4.98 Å². The molecule has 182 valence electrons. The first-order valence-electron chi connectivity index (χ1n) is 11.7. The van der Waals surface area contributed by atoms with Crippen LogP contribution in [0.1, 0.15) is 53.0 Å². The van der Waals surface area contributed by atoms with Crippen molar-refractivity contribution in [1.82, 2.24) is 24.3 Å². The third-order valence-corrected chi connectivity index (χ3v) is 7.71. The summed E-state index contributed by atoms with van der Waals surface area (Å²) in [7, 11) is 2.07. The first-order chi connectivity index (χ1) is 15.6. The highest BCUT2D eigenvalue weighted by atomic mass is 35.5. The van der Waals surface area contributed by atoms with Gasteiger partial charge in [0.2, 0.25) is 0 Å². The Morgan fingerprint density at radius 2 is 1.79 bits per heavy atom. The lowest BCUT2D eigenvalue weighted by Crippen LogP contribution is -2.47. The monoisotopic (exact) mass is 503 g/mol. The van der Waals surface area contributed by atoms with E-state index >= 15 is 0 Å². The van der Waals surface area contributed by atoms with Gasteiger partial charge in [0.1, 0.15) is 11.4 Å². The molecular weight excluding hydrogens is 473 g/mol. The van der Waals surface area contributed by atoms with E-state index in [9.17, 15) is 9.59 Å². The number of piperidine rings is 2. The number of hydrogen-bond donors (Lipinski definition) is 1. The highest BCUT2D eigenvalue weighted by Crippen LogP contribution is 2.33. The molecule has 0 spiro atoms. The van der Waals surface area contributed by atoms with Crippen LogP contribution >= 0.6 is 24.8 Å². The van der Waals surface area contributed by atoms with Gasteiger partial charge >= 0.3 is 0 Å². The number of para-hydroxylation sites is 2. The molecule has 3 aromatic rings. The maximum absolute atomic E-state index is 13.3. The number of hydrogen-bond acceptors (Lipinski definition) is 4. The summed E-state index contributed by atoms with van der Waals surface area (Å²) >= 11 is 0. The zero-order chi connectivity index (χ0) is 21.8. The summed E-state index contributed by atoms with van der Waals surface area (Å²) in [5.74, 6) is 2.15. The highest BCUT2D eigenvalue weighted by Gasteiger charge is 2.33. The molecule has 2 bridgehead atoms. The molecule has 1 N–H and O–H groups in total. The molecule has 2 aromatic heterocycles. The van der Waals surface area contributed by atoms with E-state index in [0.29, 0.717) is 43.0 Å². The van der Waals surface area contributed by atoms with Crippen LogP contribution in [0.25, 0.3) is 11.0 Å². The van der Waals surface area contributed by atoms with Gasteiger partial charge < -0.3 is 19.4 Å². The minimum atomic E-state index is -0.123. The molecule has 2 fully saturated rings. The Labute approximate surface area is 211 Å². The summed E-state index contributed by atoms with van der Waals surface area (Å²) in [5.41, 5.74) is 3.45. The lowest BCUT2D eigenvalue weighted by atomic mass is 9.84. The molecule has 0 saturated carbocycles. The minimum absolute atomic E-state index is 0. The van der Waals surface area contributed by atoms with Crippen LogP contribution in [0.4, 0.5) is 0 Å². The summed E-state index contributed by atoms with van der Waals surface area (Å²) in [4.78, 5) is 33.2. The molecule has 2 saturated heterocycles. The summed E-state index contributed by atoms with van der Waals surface area (Å²) in [6.07, 6.45) is 2.87. The van der Waals surface area contributed by atoms with Crippen molar-refractivity contribution in [2.45, 2.75) is 37.6 Å². The van der Waals surface area contributed by atoms with Crippen molar-refractivity contribution >= 4 is 41.8 Å². The molecule has 7 nitrogen and oxygen atoms in total. The Bertz CT molecular complexity index is 1260. The summed E-state index contributed by atoms with van der Waals surface area (Å²) < 4.78 is 4.05. The Morgan fingerprint density at radius 1 is 1.03 bits per heavy atom. The van der Waals surface area contributed by atoms with Gasteiger partial charge in [-0.3, -0.25) is 9.59 Å². The van der Waals surface area contributed by atoms with E-state index in [1.807, 2.05) is 33.7 Å². The van der Waals surface area contributed by atoms with Gasteiger partial charge in [0, 0.05) is 50.8 Å². The van der Waals surface area contributed by atoms with Gasteiger partial charge in [-0.2, -0.15) is 0 Å². The lowest BCUT2D eigenvalue weighted by molar-refractivity contribution is 0.0707. The van der Waals surface area contributed by atoms with E-state index in [1.54, 1.807) is 6.07 Å². The molecule has 3 aliphatic heterocycles. The zero-order valence-corrected chi connectivity index (χ0v) is 20.9. The Kier molecular flexibility index (Phi) is 7.08. The summed E-state index contributed by atoms with van der Waals surface area (Å²) in [6, 6.07) is 12.0. The standard InChI is InChI=1S/C25H29N5O2.2ClH/c1-28-22-5-3-2-4-20(22)27-23(28)17-8-10-29(11-9-17)24(31)19-6-7-21-18-12-16(13-26-14-18)15-30(21)25(19)32;;/h2-7,16-18,26H,8-15H2,1H3;2*1H/t16-,18+;;/m0../s1. The van der Waals surface area contributed by atoms with Crippen LogP contribution in [-0.2, 0) is 13.6 Å². The van der Waals surface area contributed by atoms with E-state index in [0.717, 1.165) is 54.9 Å². The molecule has 6 rings (SSSR count). The number of aryl methyl sites for hydroxylation is 1. The second-order valence-corrected chi connectivity index (χ2v) is 9.63. The number of aromatic nitrogens is 3. The van der Waals surface area contributed by atoms with Crippen LogP contribution in [0.15, 0.2) is 41.2 Å². The summed E-state index contributed by atoms with van der Waals surface area (Å²) in [5, 5.41) is 3.47. The van der Waals surface area contributed by atoms with Crippen LogP contribution in [0.3, 0.4) is 0 Å². The lowest BCUT2D eigenvalue weighted by Gasteiger charge is -2.38. The Balaban J connectivity index is 0.00000137. The largest absolute Gasteiger partial charge is 0.338 e. The normalized spacial score (nSPS) is 22.0. The van der Waals surface area contributed by atoms with Crippen LogP contribution in [0, 0.1) is 5.92 Å². The van der Waals surface area contributed by atoms with Gasteiger partial charge in [0.25, 0.3) is 11.5 Å². The fourth-order valence-electron chi connectivity index (χ4n) is 5.99. The van der Waals surface area contributed by atoms with Gasteiger partial charge in [0.15, 0.2) is 0 Å². The molecule has 5 heterocycles. The Morgan fingerprint density at radius 3 is 2.56 bits per heavy atom. The Hall–Kier alpha value is -2.35. The predicted molar refractivity (Wildman–Crippen MR) is 138 cm³/mol. The molecule has 2 atom stereocenters. The number of imidazole rings is 1. The van der Waals surface area contributed by atoms with Crippen LogP contribution < -0.4 is 10.9 Å². The molecule has 34 heavy (non-hydrogen) atoms. The number of likely N-dealkylation sites (tertiary alicyclic amines) is 1. The van der Waals surface area contributed by atoms with Crippen molar-refractivity contribution in [3.05, 3.63) is 63.8 Å². The number of fused-ring (bicyclic) bond motifs is 5. The fourth-order valence-corrected chi connectivity index (χ4v) is 5.99. The molecular formula is C25H31Cl2N5O2. The topological polar surface area (TPSA) is 72.2 Å². The third kappa shape index (κ3) is 4.04. The number of carbonyl (C=O) groups excluding carboxylic acids is 1. The van der Waals surface area contributed by atoms with Crippen LogP contribution in [0.2, 0.25) is 0 Å². The fraction of sp³-hybridized carbons (Fsp3) is 0.480. The van der Waals surface area contributed by atoms with Crippen molar-refractivity contribution in [3.63, 3.8) is 0 Å². The van der Waals surface area contributed by atoms with Crippen molar-refractivity contribution in [3.8, 4) is 0 Å². The molecule has 0 aliphatic carbocycles. The molecule has 1 amide bonds. The SMILES string of the molecule is Cl.Cl.Cn1c(C2CCN(C(=O)c3ccc4n(c3=O)C[C@@H]3CNC[C@H]4C3)CC2)nc2ccccc21. The van der Waals surface area contributed by atoms with Gasteiger partial charge in [-0.1, -0.05) is 12.1 Å². The van der Waals surface area contributed by atoms with Gasteiger partial charge in [-0.25, -0.2) is 4.98 Å². The molecule has 1 aromatic carbocycles. The number of carbonyl (C=O) groups is 1. The van der Waals surface area contributed by atoms with E-state index in [1.165, 1.54) is 0 Å². The van der Waals surface area contributed by atoms with Gasteiger partial charge in [0.05, 0.1) is 11.0 Å². The van der Waals surface area contributed by atoms with Gasteiger partial charge in [-0.15, -0.1) is 24.8 Å². The van der Waals surface area contributed by atoms with Gasteiger partial charge in [-0.05, 0) is 56.0 Å². The second kappa shape index (κ2) is 9.72. The van der Waals surface area contributed by atoms with Crippen molar-refractivity contribution in [2.75, 3.05) is 26.2 Å². The minimum Gasteiger partial charge on any atom is -0.338 e. The van der Waals surface area contributed by atoms with Crippen molar-refractivity contribution in [1.29, 1.82) is 0 Å². The highest BCUT2D eigenvalue weighted by molar-refractivity contribution is 5.94. The first-order valence-corrected chi connectivity index (χ1v) is 11.7.